The Balaban J connectivity index is 2.02. The van der Waals surface area contributed by atoms with Gasteiger partial charge in [-0.25, -0.2) is 4.79 Å². The summed E-state index contributed by atoms with van der Waals surface area (Å²) in [4.78, 5) is 34.5. The lowest BCUT2D eigenvalue weighted by atomic mass is 10.2. The van der Waals surface area contributed by atoms with E-state index in [2.05, 4.69) is 5.32 Å². The number of nitro benzene ring substituents is 1. The minimum Gasteiger partial charge on any atom is -0.493 e. The highest BCUT2D eigenvalue weighted by molar-refractivity contribution is 6.31. The quantitative estimate of drug-likeness (QED) is 0.403. The first-order chi connectivity index (χ1) is 13.3. The van der Waals surface area contributed by atoms with Gasteiger partial charge in [0.2, 0.25) is 0 Å². The van der Waals surface area contributed by atoms with Crippen LogP contribution in [0, 0.1) is 10.1 Å². The summed E-state index contributed by atoms with van der Waals surface area (Å²) in [5.74, 6) is -0.712. The lowest BCUT2D eigenvalue weighted by molar-refractivity contribution is -0.383. The van der Waals surface area contributed by atoms with E-state index < -0.39 is 23.4 Å². The first kappa shape index (κ1) is 21.0. The monoisotopic (exact) mass is 408 g/mol. The summed E-state index contributed by atoms with van der Waals surface area (Å²) in [5.41, 5.74) is -0.275. The van der Waals surface area contributed by atoms with Gasteiger partial charge in [-0.2, -0.15) is 0 Å². The Kier molecular flexibility index (Phi) is 7.16. The van der Waals surface area contributed by atoms with E-state index in [9.17, 15) is 19.7 Å². The number of amides is 1. The molecule has 1 amide bonds. The number of nitrogens with one attached hydrogen (secondary N) is 1. The summed E-state index contributed by atoms with van der Waals surface area (Å²) < 4.78 is 15.5. The minimum atomic E-state index is -0.767. The van der Waals surface area contributed by atoms with E-state index in [1.807, 2.05) is 6.92 Å². The number of carbonyl (C=O) groups is 2. The number of ether oxygens (including phenoxy) is 3. The summed E-state index contributed by atoms with van der Waals surface area (Å²) in [6, 6.07) is 8.17. The van der Waals surface area contributed by atoms with E-state index in [-0.39, 0.29) is 22.0 Å². The zero-order valence-corrected chi connectivity index (χ0v) is 15.8. The Morgan fingerprint density at radius 2 is 1.93 bits per heavy atom. The third-order valence-electron chi connectivity index (χ3n) is 3.46. The fraction of sp³-hybridized carbons (Fsp3) is 0.222. The lowest BCUT2D eigenvalue weighted by Crippen LogP contribution is -2.21. The zero-order chi connectivity index (χ0) is 20.7. The molecule has 0 atom stereocenters. The number of hydrogen-bond donors (Lipinski definition) is 1. The molecule has 1 N–H and O–H groups in total. The smallest absolute Gasteiger partial charge is 0.338 e. The van der Waals surface area contributed by atoms with Gasteiger partial charge in [-0.05, 0) is 37.3 Å². The van der Waals surface area contributed by atoms with E-state index in [4.69, 9.17) is 25.8 Å². The molecule has 0 unspecified atom stereocenters. The minimum absolute atomic E-state index is 0.0960. The number of rotatable bonds is 8. The van der Waals surface area contributed by atoms with Gasteiger partial charge < -0.3 is 19.5 Å². The molecule has 0 saturated heterocycles. The molecule has 2 rings (SSSR count). The van der Waals surface area contributed by atoms with Crippen molar-refractivity contribution in [3.63, 3.8) is 0 Å². The average Bonchev–Trinajstić information content (AvgIpc) is 2.66. The van der Waals surface area contributed by atoms with Crippen LogP contribution in [0.4, 0.5) is 11.4 Å². The van der Waals surface area contributed by atoms with Gasteiger partial charge in [-0.1, -0.05) is 11.6 Å². The second-order valence-electron chi connectivity index (χ2n) is 5.34. The number of nitrogens with zero attached hydrogens (tertiary/aromatic N) is 1. The van der Waals surface area contributed by atoms with Gasteiger partial charge >= 0.3 is 5.97 Å². The molecule has 0 aromatic heterocycles. The number of esters is 1. The summed E-state index contributed by atoms with van der Waals surface area (Å²) in [6.07, 6.45) is 0. The van der Waals surface area contributed by atoms with Gasteiger partial charge in [-0.15, -0.1) is 0 Å². The van der Waals surface area contributed by atoms with Crippen molar-refractivity contribution in [1.82, 2.24) is 0 Å². The number of carbonyl (C=O) groups excluding carboxylic acids is 2. The molecule has 0 heterocycles. The van der Waals surface area contributed by atoms with Crippen molar-refractivity contribution in [2.24, 2.45) is 0 Å². The SMILES string of the molecule is CCOc1ccc(C(=O)OCC(=O)Nc2cc(Cl)ccc2[N+](=O)[O-])cc1OC. The number of hydrogen-bond acceptors (Lipinski definition) is 7. The second-order valence-corrected chi connectivity index (χ2v) is 5.78. The van der Waals surface area contributed by atoms with Gasteiger partial charge in [0, 0.05) is 11.1 Å². The Morgan fingerprint density at radius 3 is 2.57 bits per heavy atom. The first-order valence-corrected chi connectivity index (χ1v) is 8.45. The molecule has 0 aliphatic heterocycles. The Hall–Kier alpha value is -3.33. The zero-order valence-electron chi connectivity index (χ0n) is 15.1. The topological polar surface area (TPSA) is 117 Å². The van der Waals surface area contributed by atoms with Gasteiger partial charge in [-0.3, -0.25) is 14.9 Å². The van der Waals surface area contributed by atoms with Crippen LogP contribution in [0.25, 0.3) is 0 Å². The van der Waals surface area contributed by atoms with Crippen LogP contribution < -0.4 is 14.8 Å². The molecule has 0 bridgehead atoms. The standard InChI is InChI=1S/C18H17ClN2O7/c1-3-27-15-7-4-11(8-16(15)26-2)18(23)28-10-17(22)20-13-9-12(19)5-6-14(13)21(24)25/h4-9H,3,10H2,1-2H3,(H,20,22). The summed E-state index contributed by atoms with van der Waals surface area (Å²) in [6.45, 7) is 1.60. The summed E-state index contributed by atoms with van der Waals surface area (Å²) in [7, 11) is 1.43. The molecule has 2 aromatic carbocycles. The van der Waals surface area contributed by atoms with Crippen LogP contribution in [-0.2, 0) is 9.53 Å². The average molecular weight is 409 g/mol. The van der Waals surface area contributed by atoms with E-state index in [0.29, 0.717) is 18.1 Å². The number of halogens is 1. The predicted molar refractivity (Wildman–Crippen MR) is 101 cm³/mol. The molecular formula is C18H17ClN2O7. The van der Waals surface area contributed by atoms with Crippen LogP contribution in [0.15, 0.2) is 36.4 Å². The Bertz CT molecular complexity index is 901. The lowest BCUT2D eigenvalue weighted by Gasteiger charge is -2.11. The highest BCUT2D eigenvalue weighted by Gasteiger charge is 2.18. The Morgan fingerprint density at radius 1 is 1.18 bits per heavy atom. The van der Waals surface area contributed by atoms with Crippen LogP contribution >= 0.6 is 11.6 Å². The molecule has 0 saturated carbocycles. The van der Waals surface area contributed by atoms with Crippen LogP contribution in [0.2, 0.25) is 5.02 Å². The number of benzene rings is 2. The summed E-state index contributed by atoms with van der Waals surface area (Å²) >= 11 is 5.79. The van der Waals surface area contributed by atoms with E-state index in [0.717, 1.165) is 6.07 Å². The van der Waals surface area contributed by atoms with Crippen LogP contribution in [0.1, 0.15) is 17.3 Å². The second kappa shape index (κ2) is 9.56. The van der Waals surface area contributed by atoms with Crippen LogP contribution in [0.5, 0.6) is 11.5 Å². The van der Waals surface area contributed by atoms with Crippen LogP contribution in [-0.4, -0.2) is 37.1 Å². The van der Waals surface area contributed by atoms with E-state index in [1.165, 1.54) is 31.4 Å². The molecule has 9 nitrogen and oxygen atoms in total. The number of methoxy groups -OCH3 is 1. The van der Waals surface area contributed by atoms with Crippen molar-refractivity contribution in [3.8, 4) is 11.5 Å². The maximum Gasteiger partial charge on any atom is 0.338 e. The van der Waals surface area contributed by atoms with Crippen LogP contribution in [0.3, 0.4) is 0 Å². The number of nitro groups is 1. The molecular weight excluding hydrogens is 392 g/mol. The largest absolute Gasteiger partial charge is 0.493 e. The Labute approximate surface area is 165 Å². The fourth-order valence-corrected chi connectivity index (χ4v) is 2.41. The van der Waals surface area contributed by atoms with Gasteiger partial charge in [0.1, 0.15) is 5.69 Å². The third-order valence-corrected chi connectivity index (χ3v) is 3.70. The van der Waals surface area contributed by atoms with Crippen molar-refractivity contribution in [3.05, 3.63) is 57.1 Å². The maximum atomic E-state index is 12.1. The maximum absolute atomic E-state index is 12.1. The summed E-state index contributed by atoms with van der Waals surface area (Å²) in [5, 5.41) is 13.5. The van der Waals surface area contributed by atoms with Gasteiger partial charge in [0.05, 0.1) is 24.2 Å². The van der Waals surface area contributed by atoms with E-state index in [1.54, 1.807) is 6.07 Å². The molecule has 148 valence electrons. The molecule has 10 heteroatoms. The predicted octanol–water partition coefficient (Wildman–Crippen LogP) is 3.45. The normalized spacial score (nSPS) is 10.1. The molecule has 2 aromatic rings. The molecule has 0 spiro atoms. The highest BCUT2D eigenvalue weighted by atomic mass is 35.5. The van der Waals surface area contributed by atoms with Gasteiger partial charge in [0.15, 0.2) is 18.1 Å². The molecule has 28 heavy (non-hydrogen) atoms. The van der Waals surface area contributed by atoms with Crippen molar-refractivity contribution < 1.29 is 28.7 Å². The third kappa shape index (κ3) is 5.34. The van der Waals surface area contributed by atoms with Gasteiger partial charge in [0.25, 0.3) is 11.6 Å². The molecule has 0 aliphatic rings. The van der Waals surface area contributed by atoms with E-state index >= 15 is 0 Å². The molecule has 0 aliphatic carbocycles. The van der Waals surface area contributed by atoms with Crippen molar-refractivity contribution >= 4 is 34.9 Å². The number of anilines is 1. The van der Waals surface area contributed by atoms with Crippen molar-refractivity contribution in [2.45, 2.75) is 6.92 Å². The fourth-order valence-electron chi connectivity index (χ4n) is 2.24. The molecule has 0 radical (unpaired) electrons. The van der Waals surface area contributed by atoms with Crippen molar-refractivity contribution in [2.75, 3.05) is 25.6 Å². The molecule has 0 fully saturated rings. The van der Waals surface area contributed by atoms with Crippen molar-refractivity contribution in [1.29, 1.82) is 0 Å². The highest BCUT2D eigenvalue weighted by Crippen LogP contribution is 2.29. The first-order valence-electron chi connectivity index (χ1n) is 8.07.